The molecule has 0 unspecified atom stereocenters. The minimum atomic E-state index is 0. The molecule has 1 aromatic heterocycles. The van der Waals surface area contributed by atoms with Crippen LogP contribution in [0.1, 0.15) is 38.2 Å². The highest BCUT2D eigenvalue weighted by Crippen LogP contribution is 2.47. The molecule has 0 atom stereocenters. The van der Waals surface area contributed by atoms with E-state index in [9.17, 15) is 0 Å². The van der Waals surface area contributed by atoms with E-state index in [0.717, 1.165) is 24.7 Å². The fraction of sp³-hybridized carbons (Fsp3) is 0.526. The number of hydrogen-bond donors (Lipinski definition) is 1. The molecule has 26 heavy (non-hydrogen) atoms. The predicted molar refractivity (Wildman–Crippen MR) is 114 cm³/mol. The second-order valence-corrected chi connectivity index (χ2v) is 7.20. The van der Waals surface area contributed by atoms with E-state index in [1.165, 1.54) is 37.8 Å². The standard InChI is InChI=1S/C19H26N6.HI/c1-2-21-18(24-11-10-19(13-24)8-3-9-19)22-12-16-4-6-17(7-5-16)25-15-20-14-23-25;/h4-7,14-15H,2-3,8-13H2,1H3,(H,21,22);1H. The molecule has 1 saturated carbocycles. The number of likely N-dealkylation sites (tertiary alicyclic amines) is 1. The van der Waals surface area contributed by atoms with Gasteiger partial charge in [-0.15, -0.1) is 24.0 Å². The number of benzene rings is 1. The van der Waals surface area contributed by atoms with E-state index in [-0.39, 0.29) is 24.0 Å². The summed E-state index contributed by atoms with van der Waals surface area (Å²) in [5, 5.41) is 7.62. The van der Waals surface area contributed by atoms with Crippen molar-refractivity contribution < 1.29 is 0 Å². The van der Waals surface area contributed by atoms with Gasteiger partial charge in [0.1, 0.15) is 12.7 Å². The quantitative estimate of drug-likeness (QED) is 0.427. The molecule has 140 valence electrons. The Kier molecular flexibility index (Phi) is 6.16. The first kappa shape index (κ1) is 19.1. The van der Waals surface area contributed by atoms with Gasteiger partial charge < -0.3 is 10.2 Å². The lowest BCUT2D eigenvalue weighted by Crippen LogP contribution is -2.42. The largest absolute Gasteiger partial charge is 0.357 e. The van der Waals surface area contributed by atoms with Gasteiger partial charge in [0.15, 0.2) is 5.96 Å². The molecule has 2 fully saturated rings. The number of rotatable bonds is 4. The molecular weight excluding hydrogens is 439 g/mol. The van der Waals surface area contributed by atoms with Crippen molar-refractivity contribution in [1.29, 1.82) is 0 Å². The highest BCUT2D eigenvalue weighted by Gasteiger charge is 2.43. The molecule has 6 nitrogen and oxygen atoms in total. The Labute approximate surface area is 172 Å². The molecule has 2 heterocycles. The summed E-state index contributed by atoms with van der Waals surface area (Å²) in [7, 11) is 0. The Bertz CT molecular complexity index is 721. The van der Waals surface area contributed by atoms with Gasteiger partial charge in [-0.1, -0.05) is 18.6 Å². The molecule has 1 aliphatic carbocycles. The lowest BCUT2D eigenvalue weighted by atomic mass is 9.68. The van der Waals surface area contributed by atoms with Gasteiger partial charge >= 0.3 is 0 Å². The fourth-order valence-corrected chi connectivity index (χ4v) is 3.89. The smallest absolute Gasteiger partial charge is 0.194 e. The van der Waals surface area contributed by atoms with Crippen LogP contribution in [0.2, 0.25) is 0 Å². The normalized spacial score (nSPS) is 18.5. The molecule has 2 aromatic rings. The SMILES string of the molecule is CCNC(=NCc1ccc(-n2cncn2)cc1)N1CCC2(CCC2)C1.I. The number of aromatic nitrogens is 3. The van der Waals surface area contributed by atoms with Gasteiger partial charge in [-0.2, -0.15) is 5.10 Å². The second kappa shape index (κ2) is 8.37. The number of hydrogen-bond acceptors (Lipinski definition) is 3. The number of nitrogens with zero attached hydrogens (tertiary/aromatic N) is 5. The molecule has 0 amide bonds. The van der Waals surface area contributed by atoms with Gasteiger partial charge in [0.05, 0.1) is 12.2 Å². The summed E-state index contributed by atoms with van der Waals surface area (Å²) in [5.74, 6) is 1.06. The Morgan fingerprint density at radius 2 is 2.04 bits per heavy atom. The van der Waals surface area contributed by atoms with Crippen LogP contribution in [0.25, 0.3) is 5.69 Å². The van der Waals surface area contributed by atoms with Gasteiger partial charge in [0.25, 0.3) is 0 Å². The molecule has 1 aliphatic heterocycles. The summed E-state index contributed by atoms with van der Waals surface area (Å²) in [6.45, 7) is 6.05. The number of nitrogens with one attached hydrogen (secondary N) is 1. The third kappa shape index (κ3) is 4.02. The lowest BCUT2D eigenvalue weighted by Gasteiger charge is -2.38. The van der Waals surface area contributed by atoms with Gasteiger partial charge in [-0.3, -0.25) is 0 Å². The first-order valence-corrected chi connectivity index (χ1v) is 9.25. The van der Waals surface area contributed by atoms with Crippen LogP contribution in [-0.4, -0.2) is 45.3 Å². The zero-order chi connectivity index (χ0) is 17.1. The van der Waals surface area contributed by atoms with Crippen LogP contribution in [0.5, 0.6) is 0 Å². The summed E-state index contributed by atoms with van der Waals surface area (Å²) in [4.78, 5) is 11.3. The molecule has 4 rings (SSSR count). The molecule has 2 aliphatic rings. The Morgan fingerprint density at radius 1 is 1.23 bits per heavy atom. The maximum atomic E-state index is 4.88. The van der Waals surface area contributed by atoms with E-state index < -0.39 is 0 Å². The van der Waals surface area contributed by atoms with E-state index in [4.69, 9.17) is 4.99 Å². The van der Waals surface area contributed by atoms with Gasteiger partial charge in [-0.25, -0.2) is 14.7 Å². The van der Waals surface area contributed by atoms with E-state index in [1.54, 1.807) is 17.3 Å². The van der Waals surface area contributed by atoms with Crippen molar-refractivity contribution in [1.82, 2.24) is 25.0 Å². The first-order valence-electron chi connectivity index (χ1n) is 9.25. The zero-order valence-corrected chi connectivity index (χ0v) is 17.6. The van der Waals surface area contributed by atoms with Crippen molar-refractivity contribution in [2.45, 2.75) is 39.2 Å². The van der Waals surface area contributed by atoms with Gasteiger partial charge in [0.2, 0.25) is 0 Å². The third-order valence-corrected chi connectivity index (χ3v) is 5.52. The average Bonchev–Trinajstić information content (AvgIpc) is 3.28. The van der Waals surface area contributed by atoms with Crippen LogP contribution in [0, 0.1) is 5.41 Å². The van der Waals surface area contributed by atoms with Crippen molar-refractivity contribution in [2.24, 2.45) is 10.4 Å². The molecular formula is C19H27IN6. The lowest BCUT2D eigenvalue weighted by molar-refractivity contribution is 0.151. The molecule has 0 radical (unpaired) electrons. The predicted octanol–water partition coefficient (Wildman–Crippen LogP) is 3.23. The van der Waals surface area contributed by atoms with Crippen molar-refractivity contribution in [3.63, 3.8) is 0 Å². The minimum Gasteiger partial charge on any atom is -0.357 e. The Balaban J connectivity index is 0.00000196. The van der Waals surface area contributed by atoms with Crippen LogP contribution in [0.15, 0.2) is 41.9 Å². The Morgan fingerprint density at radius 3 is 2.62 bits per heavy atom. The van der Waals surface area contributed by atoms with Crippen molar-refractivity contribution in [2.75, 3.05) is 19.6 Å². The van der Waals surface area contributed by atoms with Crippen molar-refractivity contribution in [3.8, 4) is 5.69 Å². The summed E-state index contributed by atoms with van der Waals surface area (Å²) in [5.41, 5.74) is 2.82. The molecule has 1 N–H and O–H groups in total. The van der Waals surface area contributed by atoms with Crippen molar-refractivity contribution in [3.05, 3.63) is 42.5 Å². The van der Waals surface area contributed by atoms with E-state index in [2.05, 4.69) is 51.5 Å². The summed E-state index contributed by atoms with van der Waals surface area (Å²) < 4.78 is 1.76. The highest BCUT2D eigenvalue weighted by atomic mass is 127. The summed E-state index contributed by atoms with van der Waals surface area (Å²) in [6.07, 6.45) is 8.77. The monoisotopic (exact) mass is 466 g/mol. The topological polar surface area (TPSA) is 58.3 Å². The number of aliphatic imine (C=N–C) groups is 1. The maximum Gasteiger partial charge on any atom is 0.194 e. The number of guanidine groups is 1. The van der Waals surface area contributed by atoms with E-state index in [0.29, 0.717) is 12.0 Å². The maximum absolute atomic E-state index is 4.88. The minimum absolute atomic E-state index is 0. The summed E-state index contributed by atoms with van der Waals surface area (Å²) in [6, 6.07) is 8.35. The van der Waals surface area contributed by atoms with Gasteiger partial charge in [0, 0.05) is 19.6 Å². The first-order chi connectivity index (χ1) is 12.3. The molecule has 1 saturated heterocycles. The number of halogens is 1. The van der Waals surface area contributed by atoms with Crippen LogP contribution in [0.3, 0.4) is 0 Å². The second-order valence-electron chi connectivity index (χ2n) is 7.20. The van der Waals surface area contributed by atoms with E-state index in [1.807, 2.05) is 0 Å². The highest BCUT2D eigenvalue weighted by molar-refractivity contribution is 14.0. The molecule has 1 aromatic carbocycles. The van der Waals surface area contributed by atoms with Crippen LogP contribution in [0.4, 0.5) is 0 Å². The van der Waals surface area contributed by atoms with Crippen molar-refractivity contribution >= 4 is 29.9 Å². The van der Waals surface area contributed by atoms with E-state index >= 15 is 0 Å². The molecule has 7 heteroatoms. The molecule has 0 bridgehead atoms. The van der Waals surface area contributed by atoms with Crippen LogP contribution < -0.4 is 5.32 Å². The Hall–Kier alpha value is -1.64. The van der Waals surface area contributed by atoms with Crippen LogP contribution in [-0.2, 0) is 6.54 Å². The average molecular weight is 466 g/mol. The third-order valence-electron chi connectivity index (χ3n) is 5.52. The fourth-order valence-electron chi connectivity index (χ4n) is 3.89. The van der Waals surface area contributed by atoms with Gasteiger partial charge in [-0.05, 0) is 49.3 Å². The zero-order valence-electron chi connectivity index (χ0n) is 15.3. The van der Waals surface area contributed by atoms with Crippen LogP contribution >= 0.6 is 24.0 Å². The summed E-state index contributed by atoms with van der Waals surface area (Å²) >= 11 is 0. The molecule has 1 spiro atoms.